The highest BCUT2D eigenvalue weighted by Gasteiger charge is 2.15. The fourth-order valence-electron chi connectivity index (χ4n) is 1.97. The van der Waals surface area contributed by atoms with Crippen molar-refractivity contribution in [2.24, 2.45) is 0 Å². The van der Waals surface area contributed by atoms with Gasteiger partial charge >= 0.3 is 5.97 Å². The first kappa shape index (κ1) is 14.0. The van der Waals surface area contributed by atoms with E-state index in [1.54, 1.807) is 6.20 Å². The van der Waals surface area contributed by atoms with Crippen LogP contribution in [0.25, 0.3) is 10.9 Å². The molecule has 1 atom stereocenters. The Morgan fingerprint density at radius 1 is 1.47 bits per heavy atom. The molecule has 19 heavy (non-hydrogen) atoms. The fraction of sp³-hybridized carbons (Fsp3) is 0.333. The summed E-state index contributed by atoms with van der Waals surface area (Å²) in [5, 5.41) is 0.945. The van der Waals surface area contributed by atoms with Crippen LogP contribution < -0.4 is 0 Å². The van der Waals surface area contributed by atoms with E-state index in [1.165, 1.54) is 12.7 Å². The molecule has 0 aliphatic rings. The van der Waals surface area contributed by atoms with Crippen molar-refractivity contribution in [2.45, 2.75) is 26.2 Å². The van der Waals surface area contributed by atoms with Crippen molar-refractivity contribution in [1.82, 2.24) is 4.98 Å². The molecule has 0 aliphatic heterocycles. The molecule has 0 radical (unpaired) electrons. The van der Waals surface area contributed by atoms with E-state index < -0.39 is 0 Å². The van der Waals surface area contributed by atoms with Crippen LogP contribution in [0.3, 0.4) is 0 Å². The zero-order chi connectivity index (χ0) is 14.0. The van der Waals surface area contributed by atoms with E-state index in [4.69, 9.17) is 4.74 Å². The van der Waals surface area contributed by atoms with Crippen molar-refractivity contribution >= 4 is 32.8 Å². The number of methoxy groups -OCH3 is 1. The van der Waals surface area contributed by atoms with Gasteiger partial charge in [-0.15, -0.1) is 0 Å². The number of aromatic nitrogens is 1. The Balaban J connectivity index is 2.62. The SMILES string of the molecule is CCC(C)c1ccc2ncc(C(=O)OC)c(Br)c2c1. The highest BCUT2D eigenvalue weighted by molar-refractivity contribution is 9.10. The number of hydrogen-bond donors (Lipinski definition) is 0. The average molecular weight is 322 g/mol. The lowest BCUT2D eigenvalue weighted by atomic mass is 9.97. The summed E-state index contributed by atoms with van der Waals surface area (Å²) in [4.78, 5) is 16.0. The molecule has 0 bridgehead atoms. The number of ether oxygens (including phenoxy) is 1. The van der Waals surface area contributed by atoms with Crippen LogP contribution in [0.15, 0.2) is 28.9 Å². The first-order valence-electron chi connectivity index (χ1n) is 6.25. The summed E-state index contributed by atoms with van der Waals surface area (Å²) in [6.45, 7) is 4.35. The molecule has 0 amide bonds. The van der Waals surface area contributed by atoms with Gasteiger partial charge < -0.3 is 4.74 Å². The van der Waals surface area contributed by atoms with Gasteiger partial charge in [-0.3, -0.25) is 4.98 Å². The molecule has 0 spiro atoms. The van der Waals surface area contributed by atoms with E-state index in [-0.39, 0.29) is 5.97 Å². The zero-order valence-corrected chi connectivity index (χ0v) is 12.8. The summed E-state index contributed by atoms with van der Waals surface area (Å²) >= 11 is 3.49. The maximum Gasteiger partial charge on any atom is 0.340 e. The first-order valence-corrected chi connectivity index (χ1v) is 7.04. The molecule has 1 unspecified atom stereocenters. The van der Waals surface area contributed by atoms with Crippen LogP contribution in [0.5, 0.6) is 0 Å². The molecule has 4 heteroatoms. The molecular weight excluding hydrogens is 306 g/mol. The lowest BCUT2D eigenvalue weighted by molar-refractivity contribution is 0.0599. The summed E-state index contributed by atoms with van der Waals surface area (Å²) < 4.78 is 5.50. The van der Waals surface area contributed by atoms with Gasteiger partial charge in [-0.2, -0.15) is 0 Å². The molecule has 1 aromatic heterocycles. The number of pyridine rings is 1. The molecule has 2 rings (SSSR count). The third kappa shape index (κ3) is 2.63. The van der Waals surface area contributed by atoms with Crippen molar-refractivity contribution in [2.75, 3.05) is 7.11 Å². The minimum atomic E-state index is -0.379. The summed E-state index contributed by atoms with van der Waals surface area (Å²) in [5.74, 6) is 0.105. The lowest BCUT2D eigenvalue weighted by Gasteiger charge is -2.11. The van der Waals surface area contributed by atoms with Gasteiger partial charge in [0, 0.05) is 16.1 Å². The first-order chi connectivity index (χ1) is 9.08. The smallest absolute Gasteiger partial charge is 0.340 e. The van der Waals surface area contributed by atoms with E-state index in [9.17, 15) is 4.79 Å². The number of benzene rings is 1. The molecule has 100 valence electrons. The predicted molar refractivity (Wildman–Crippen MR) is 79.5 cm³/mol. The van der Waals surface area contributed by atoms with E-state index >= 15 is 0 Å². The van der Waals surface area contributed by atoms with Crippen LogP contribution in [-0.4, -0.2) is 18.1 Å². The molecule has 0 saturated heterocycles. The number of nitrogens with zero attached hydrogens (tertiary/aromatic N) is 1. The molecule has 0 saturated carbocycles. The van der Waals surface area contributed by atoms with Crippen LogP contribution in [0.1, 0.15) is 42.1 Å². The second kappa shape index (κ2) is 5.70. The van der Waals surface area contributed by atoms with E-state index in [0.717, 1.165) is 21.8 Å². The van der Waals surface area contributed by atoms with Crippen molar-refractivity contribution in [1.29, 1.82) is 0 Å². The summed E-state index contributed by atoms with van der Waals surface area (Å²) in [7, 11) is 1.37. The Labute approximate surface area is 121 Å². The minimum absolute atomic E-state index is 0.379. The summed E-state index contributed by atoms with van der Waals surface area (Å²) in [5.41, 5.74) is 2.57. The van der Waals surface area contributed by atoms with Crippen LogP contribution >= 0.6 is 15.9 Å². The van der Waals surface area contributed by atoms with Gasteiger partial charge in [-0.05, 0) is 46.0 Å². The molecular formula is C15H16BrNO2. The number of carbonyl (C=O) groups is 1. The van der Waals surface area contributed by atoms with Crippen LogP contribution in [0.2, 0.25) is 0 Å². The summed E-state index contributed by atoms with van der Waals surface area (Å²) in [6, 6.07) is 6.17. The lowest BCUT2D eigenvalue weighted by Crippen LogP contribution is -2.03. The number of halogens is 1. The monoisotopic (exact) mass is 321 g/mol. The molecule has 3 nitrogen and oxygen atoms in total. The summed E-state index contributed by atoms with van der Waals surface area (Å²) in [6.07, 6.45) is 2.62. The third-order valence-corrected chi connectivity index (χ3v) is 4.27. The Bertz CT molecular complexity index is 625. The predicted octanol–water partition coefficient (Wildman–Crippen LogP) is 4.30. The normalized spacial score (nSPS) is 12.4. The Kier molecular flexibility index (Phi) is 4.20. The van der Waals surface area contributed by atoms with E-state index in [2.05, 4.69) is 46.9 Å². The quantitative estimate of drug-likeness (QED) is 0.791. The van der Waals surface area contributed by atoms with Crippen LogP contribution in [0.4, 0.5) is 0 Å². The minimum Gasteiger partial charge on any atom is -0.465 e. The maximum atomic E-state index is 11.7. The zero-order valence-electron chi connectivity index (χ0n) is 11.2. The molecule has 0 N–H and O–H groups in total. The highest BCUT2D eigenvalue weighted by Crippen LogP contribution is 2.30. The molecule has 0 aliphatic carbocycles. The topological polar surface area (TPSA) is 39.2 Å². The van der Waals surface area contributed by atoms with Gasteiger partial charge in [-0.25, -0.2) is 4.79 Å². The molecule has 2 aromatic rings. The van der Waals surface area contributed by atoms with Gasteiger partial charge in [0.05, 0.1) is 18.2 Å². The number of hydrogen-bond acceptors (Lipinski definition) is 3. The molecule has 1 aromatic carbocycles. The Morgan fingerprint density at radius 2 is 2.21 bits per heavy atom. The number of fused-ring (bicyclic) bond motifs is 1. The van der Waals surface area contributed by atoms with Gasteiger partial charge in [0.25, 0.3) is 0 Å². The van der Waals surface area contributed by atoms with Crippen molar-refractivity contribution < 1.29 is 9.53 Å². The van der Waals surface area contributed by atoms with Crippen LogP contribution in [0, 0.1) is 0 Å². The molecule has 1 heterocycles. The largest absolute Gasteiger partial charge is 0.465 e. The third-order valence-electron chi connectivity index (χ3n) is 3.41. The Hall–Kier alpha value is -1.42. The standard InChI is InChI=1S/C15H16BrNO2/c1-4-9(2)10-5-6-13-11(7-10)14(16)12(8-17-13)15(18)19-3/h5-9H,4H2,1-3H3. The maximum absolute atomic E-state index is 11.7. The molecule has 0 fully saturated rings. The van der Waals surface area contributed by atoms with Crippen molar-refractivity contribution in [3.05, 3.63) is 40.0 Å². The number of esters is 1. The Morgan fingerprint density at radius 3 is 2.84 bits per heavy atom. The fourth-order valence-corrected chi connectivity index (χ4v) is 2.55. The number of rotatable bonds is 3. The van der Waals surface area contributed by atoms with Gasteiger partial charge in [-0.1, -0.05) is 19.9 Å². The van der Waals surface area contributed by atoms with Gasteiger partial charge in [0.1, 0.15) is 0 Å². The van der Waals surface area contributed by atoms with Crippen molar-refractivity contribution in [3.8, 4) is 0 Å². The van der Waals surface area contributed by atoms with Crippen molar-refractivity contribution in [3.63, 3.8) is 0 Å². The second-order valence-corrected chi connectivity index (χ2v) is 5.36. The van der Waals surface area contributed by atoms with Crippen LogP contribution in [-0.2, 0) is 4.74 Å². The van der Waals surface area contributed by atoms with Gasteiger partial charge in [0.15, 0.2) is 0 Å². The van der Waals surface area contributed by atoms with E-state index in [1.807, 2.05) is 6.07 Å². The average Bonchev–Trinajstić information content (AvgIpc) is 2.45. The number of carbonyl (C=O) groups excluding carboxylic acids is 1. The van der Waals surface area contributed by atoms with E-state index in [0.29, 0.717) is 11.5 Å². The second-order valence-electron chi connectivity index (χ2n) is 4.56. The highest BCUT2D eigenvalue weighted by atomic mass is 79.9. The van der Waals surface area contributed by atoms with Gasteiger partial charge in [0.2, 0.25) is 0 Å².